The highest BCUT2D eigenvalue weighted by molar-refractivity contribution is 5.82. The summed E-state index contributed by atoms with van der Waals surface area (Å²) in [4.78, 5) is 2.44. The summed E-state index contributed by atoms with van der Waals surface area (Å²) in [6.45, 7) is 6.47. The zero-order valence-electron chi connectivity index (χ0n) is 12.6. The maximum Gasteiger partial charge on any atom is 0.134 e. The van der Waals surface area contributed by atoms with Crippen LogP contribution in [0.15, 0.2) is 28.7 Å². The predicted octanol–water partition coefficient (Wildman–Crippen LogP) is 3.31. The molecule has 1 saturated heterocycles. The van der Waals surface area contributed by atoms with Crippen LogP contribution in [0.4, 0.5) is 0 Å². The molecule has 20 heavy (non-hydrogen) atoms. The van der Waals surface area contributed by atoms with Crippen molar-refractivity contribution in [2.24, 2.45) is 0 Å². The van der Waals surface area contributed by atoms with Crippen LogP contribution in [0, 0.1) is 6.92 Å². The molecule has 3 rings (SSSR count). The average Bonchev–Trinajstić information content (AvgIpc) is 2.76. The number of piperidine rings is 1. The number of para-hydroxylation sites is 1. The number of furan rings is 1. The molecule has 2 aromatic rings. The minimum Gasteiger partial charge on any atom is -0.461 e. The SMILES string of the molecule is Cc1oc2ccccc2c1CNC1CCN(C)C(C)C1. The van der Waals surface area contributed by atoms with E-state index < -0.39 is 0 Å². The molecule has 2 atom stereocenters. The van der Waals surface area contributed by atoms with Gasteiger partial charge in [0.15, 0.2) is 0 Å². The van der Waals surface area contributed by atoms with Gasteiger partial charge in [-0.25, -0.2) is 0 Å². The number of nitrogens with one attached hydrogen (secondary N) is 1. The van der Waals surface area contributed by atoms with Gasteiger partial charge in [0.05, 0.1) is 0 Å². The van der Waals surface area contributed by atoms with Gasteiger partial charge in [-0.2, -0.15) is 0 Å². The van der Waals surface area contributed by atoms with Gasteiger partial charge in [0.1, 0.15) is 11.3 Å². The summed E-state index contributed by atoms with van der Waals surface area (Å²) in [7, 11) is 2.22. The van der Waals surface area contributed by atoms with Crippen molar-refractivity contribution in [1.82, 2.24) is 10.2 Å². The first-order valence-electron chi connectivity index (χ1n) is 7.56. The topological polar surface area (TPSA) is 28.4 Å². The molecule has 1 aliphatic heterocycles. The zero-order valence-corrected chi connectivity index (χ0v) is 12.6. The van der Waals surface area contributed by atoms with Crippen molar-refractivity contribution in [1.29, 1.82) is 0 Å². The third kappa shape index (κ3) is 2.60. The summed E-state index contributed by atoms with van der Waals surface area (Å²) in [5.74, 6) is 1.04. The van der Waals surface area contributed by atoms with Crippen molar-refractivity contribution in [3.8, 4) is 0 Å². The fourth-order valence-corrected chi connectivity index (χ4v) is 3.16. The lowest BCUT2D eigenvalue weighted by atomic mass is 9.98. The molecule has 0 aliphatic carbocycles. The standard InChI is InChI=1S/C17H24N2O/c1-12-10-14(8-9-19(12)3)18-11-16-13(2)20-17-7-5-4-6-15(16)17/h4-7,12,14,18H,8-11H2,1-3H3. The Labute approximate surface area is 120 Å². The second-order valence-corrected chi connectivity index (χ2v) is 6.06. The number of benzene rings is 1. The van der Waals surface area contributed by atoms with Gasteiger partial charge in [-0.15, -0.1) is 0 Å². The number of fused-ring (bicyclic) bond motifs is 1. The van der Waals surface area contributed by atoms with Gasteiger partial charge in [0.2, 0.25) is 0 Å². The van der Waals surface area contributed by atoms with Crippen LogP contribution >= 0.6 is 0 Å². The number of hydrogen-bond acceptors (Lipinski definition) is 3. The predicted molar refractivity (Wildman–Crippen MR) is 82.9 cm³/mol. The number of rotatable bonds is 3. The summed E-state index contributed by atoms with van der Waals surface area (Å²) in [6.07, 6.45) is 2.46. The minimum atomic E-state index is 0.620. The van der Waals surface area contributed by atoms with Crippen molar-refractivity contribution in [2.45, 2.75) is 45.3 Å². The molecule has 1 aliphatic rings. The van der Waals surface area contributed by atoms with Crippen molar-refractivity contribution in [2.75, 3.05) is 13.6 Å². The Hall–Kier alpha value is -1.32. The third-order valence-electron chi connectivity index (χ3n) is 4.68. The van der Waals surface area contributed by atoms with Crippen LogP contribution in [0.25, 0.3) is 11.0 Å². The van der Waals surface area contributed by atoms with Crippen LogP contribution in [0.3, 0.4) is 0 Å². The lowest BCUT2D eigenvalue weighted by Gasteiger charge is -2.35. The number of likely N-dealkylation sites (tertiary alicyclic amines) is 1. The molecule has 1 aromatic carbocycles. The van der Waals surface area contributed by atoms with E-state index >= 15 is 0 Å². The second kappa shape index (κ2) is 5.58. The summed E-state index contributed by atoms with van der Waals surface area (Å²) >= 11 is 0. The maximum atomic E-state index is 5.83. The first-order chi connectivity index (χ1) is 9.65. The number of hydrogen-bond donors (Lipinski definition) is 1. The molecule has 0 radical (unpaired) electrons. The summed E-state index contributed by atoms with van der Waals surface area (Å²) < 4.78 is 5.83. The molecule has 0 spiro atoms. The fourth-order valence-electron chi connectivity index (χ4n) is 3.16. The van der Waals surface area contributed by atoms with E-state index in [0.29, 0.717) is 12.1 Å². The average molecular weight is 272 g/mol. The molecule has 0 bridgehead atoms. The minimum absolute atomic E-state index is 0.620. The maximum absolute atomic E-state index is 5.83. The van der Waals surface area contributed by atoms with E-state index in [1.807, 2.05) is 12.1 Å². The Bertz CT molecular complexity index is 590. The van der Waals surface area contributed by atoms with Gasteiger partial charge < -0.3 is 14.6 Å². The lowest BCUT2D eigenvalue weighted by molar-refractivity contribution is 0.168. The molecule has 3 nitrogen and oxygen atoms in total. The van der Waals surface area contributed by atoms with Crippen molar-refractivity contribution < 1.29 is 4.42 Å². The van der Waals surface area contributed by atoms with E-state index in [2.05, 4.69) is 43.2 Å². The van der Waals surface area contributed by atoms with Crippen LogP contribution in [0.2, 0.25) is 0 Å². The van der Waals surface area contributed by atoms with Gasteiger partial charge in [-0.3, -0.25) is 0 Å². The lowest BCUT2D eigenvalue weighted by Crippen LogP contribution is -2.45. The summed E-state index contributed by atoms with van der Waals surface area (Å²) in [6, 6.07) is 9.60. The van der Waals surface area contributed by atoms with Crippen LogP contribution < -0.4 is 5.32 Å². The largest absolute Gasteiger partial charge is 0.461 e. The zero-order chi connectivity index (χ0) is 14.1. The molecular weight excluding hydrogens is 248 g/mol. The third-order valence-corrected chi connectivity index (χ3v) is 4.68. The normalized spacial score (nSPS) is 24.4. The van der Waals surface area contributed by atoms with E-state index in [9.17, 15) is 0 Å². The van der Waals surface area contributed by atoms with E-state index in [1.165, 1.54) is 30.3 Å². The molecule has 2 heterocycles. The van der Waals surface area contributed by atoms with Gasteiger partial charge >= 0.3 is 0 Å². The van der Waals surface area contributed by atoms with Crippen molar-refractivity contribution in [3.63, 3.8) is 0 Å². The van der Waals surface area contributed by atoms with Gasteiger partial charge in [-0.05, 0) is 46.3 Å². The molecule has 0 saturated carbocycles. The Balaban J connectivity index is 1.70. The summed E-state index contributed by atoms with van der Waals surface area (Å²) in [5.41, 5.74) is 2.31. The van der Waals surface area contributed by atoms with Crippen LogP contribution in [0.5, 0.6) is 0 Å². The van der Waals surface area contributed by atoms with E-state index in [-0.39, 0.29) is 0 Å². The molecule has 2 unspecified atom stereocenters. The Morgan fingerprint density at radius 2 is 2.15 bits per heavy atom. The monoisotopic (exact) mass is 272 g/mol. The second-order valence-electron chi connectivity index (χ2n) is 6.06. The van der Waals surface area contributed by atoms with Crippen molar-refractivity contribution >= 4 is 11.0 Å². The highest BCUT2D eigenvalue weighted by Crippen LogP contribution is 2.25. The summed E-state index contributed by atoms with van der Waals surface area (Å²) in [5, 5.41) is 4.97. The molecule has 1 N–H and O–H groups in total. The number of nitrogens with zero attached hydrogens (tertiary/aromatic N) is 1. The molecule has 1 fully saturated rings. The highest BCUT2D eigenvalue weighted by Gasteiger charge is 2.22. The van der Waals surface area contributed by atoms with E-state index in [1.54, 1.807) is 0 Å². The Kier molecular flexibility index (Phi) is 3.81. The smallest absolute Gasteiger partial charge is 0.134 e. The van der Waals surface area contributed by atoms with E-state index in [4.69, 9.17) is 4.42 Å². The van der Waals surface area contributed by atoms with Gasteiger partial charge in [0.25, 0.3) is 0 Å². The fraction of sp³-hybridized carbons (Fsp3) is 0.529. The molecule has 0 amide bonds. The van der Waals surface area contributed by atoms with Crippen LogP contribution in [0.1, 0.15) is 31.1 Å². The van der Waals surface area contributed by atoms with Crippen LogP contribution in [-0.2, 0) is 6.54 Å². The molecule has 3 heteroatoms. The molecule has 1 aromatic heterocycles. The Morgan fingerprint density at radius 1 is 1.35 bits per heavy atom. The van der Waals surface area contributed by atoms with Crippen molar-refractivity contribution in [3.05, 3.63) is 35.6 Å². The molecular formula is C17H24N2O. The van der Waals surface area contributed by atoms with E-state index in [0.717, 1.165) is 17.9 Å². The van der Waals surface area contributed by atoms with Crippen LogP contribution in [-0.4, -0.2) is 30.6 Å². The van der Waals surface area contributed by atoms with Gasteiger partial charge in [-0.1, -0.05) is 18.2 Å². The highest BCUT2D eigenvalue weighted by atomic mass is 16.3. The molecule has 108 valence electrons. The first-order valence-corrected chi connectivity index (χ1v) is 7.56. The van der Waals surface area contributed by atoms with Gasteiger partial charge in [0, 0.05) is 29.6 Å². The number of aryl methyl sites for hydroxylation is 1. The first kappa shape index (κ1) is 13.7. The Morgan fingerprint density at radius 3 is 2.95 bits per heavy atom. The quantitative estimate of drug-likeness (QED) is 0.929.